The first-order valence-electron chi connectivity index (χ1n) is 13.7. The molecule has 0 aliphatic carbocycles. The fourth-order valence-electron chi connectivity index (χ4n) is 6.57. The third kappa shape index (κ3) is 3.08. The molecule has 0 saturated heterocycles. The molecule has 2 aromatic heterocycles. The summed E-state index contributed by atoms with van der Waals surface area (Å²) < 4.78 is 5.13. The molecule has 0 atom stereocenters. The lowest BCUT2D eigenvalue weighted by atomic mass is 9.93. The van der Waals surface area contributed by atoms with Crippen LogP contribution >= 0.6 is 11.3 Å². The summed E-state index contributed by atoms with van der Waals surface area (Å²) in [5.41, 5.74) is 6.16. The van der Waals surface area contributed by atoms with Gasteiger partial charge in [0.05, 0.1) is 11.0 Å². The van der Waals surface area contributed by atoms with E-state index in [2.05, 4.69) is 144 Å². The van der Waals surface area contributed by atoms with E-state index < -0.39 is 0 Å². The normalized spacial score (nSPS) is 12.0. The van der Waals surface area contributed by atoms with Crippen LogP contribution in [0.15, 0.2) is 140 Å². The Labute approximate surface area is 235 Å². The first-order chi connectivity index (χ1) is 19.8. The molecule has 0 N–H and O–H groups in total. The van der Waals surface area contributed by atoms with Gasteiger partial charge in [0.1, 0.15) is 0 Å². The zero-order valence-electron chi connectivity index (χ0n) is 21.6. The molecule has 1 nitrogen and oxygen atoms in total. The largest absolute Gasteiger partial charge is 0.309 e. The summed E-state index contributed by atoms with van der Waals surface area (Å²) >= 11 is 1.88. The molecule has 0 bridgehead atoms. The van der Waals surface area contributed by atoms with Gasteiger partial charge < -0.3 is 4.57 Å². The van der Waals surface area contributed by atoms with Crippen molar-refractivity contribution in [2.75, 3.05) is 0 Å². The first kappa shape index (κ1) is 22.0. The number of aromatic nitrogens is 1. The van der Waals surface area contributed by atoms with Crippen molar-refractivity contribution in [1.82, 2.24) is 4.57 Å². The lowest BCUT2D eigenvalue weighted by Gasteiger charge is -2.14. The number of fused-ring (bicyclic) bond motifs is 9. The number of hydrogen-bond donors (Lipinski definition) is 0. The molecule has 0 fully saturated rings. The number of thiophene rings is 1. The lowest BCUT2D eigenvalue weighted by molar-refractivity contribution is 1.18. The highest BCUT2D eigenvalue weighted by molar-refractivity contribution is 7.25. The average Bonchev–Trinajstić information content (AvgIpc) is 3.54. The zero-order valence-corrected chi connectivity index (χ0v) is 22.5. The second kappa shape index (κ2) is 8.29. The Balaban J connectivity index is 1.35. The molecule has 7 aromatic carbocycles. The van der Waals surface area contributed by atoms with Crippen LogP contribution in [0.3, 0.4) is 0 Å². The predicted octanol–water partition coefficient (Wildman–Crippen LogP) is 11.1. The van der Waals surface area contributed by atoms with Crippen LogP contribution in [0, 0.1) is 0 Å². The summed E-state index contributed by atoms with van der Waals surface area (Å²) in [5, 5.41) is 10.4. The standard InChI is InChI=1S/C38H23NS/c1-2-13-27-25(10-1)21-32(29-15-4-3-14-28(27)29)24-11-9-12-26(20-24)39-35-18-7-5-16-30(35)33-23-38-34(22-36(33)39)31-17-6-8-19-37(31)40-38/h1-23H. The van der Waals surface area contributed by atoms with Crippen LogP contribution in [0.4, 0.5) is 0 Å². The van der Waals surface area contributed by atoms with Crippen molar-refractivity contribution in [3.8, 4) is 16.8 Å². The van der Waals surface area contributed by atoms with Crippen molar-refractivity contribution in [3.63, 3.8) is 0 Å². The van der Waals surface area contributed by atoms with E-state index in [0.717, 1.165) is 0 Å². The van der Waals surface area contributed by atoms with Gasteiger partial charge in [-0.3, -0.25) is 0 Å². The molecule has 2 heteroatoms. The molecule has 9 aromatic rings. The highest BCUT2D eigenvalue weighted by Crippen LogP contribution is 2.41. The quantitative estimate of drug-likeness (QED) is 0.198. The van der Waals surface area contributed by atoms with Crippen LogP contribution in [0.1, 0.15) is 0 Å². The number of hydrogen-bond acceptors (Lipinski definition) is 1. The van der Waals surface area contributed by atoms with E-state index >= 15 is 0 Å². The van der Waals surface area contributed by atoms with Gasteiger partial charge in [-0.05, 0) is 75.1 Å². The Bertz CT molecular complexity index is 2440. The maximum Gasteiger partial charge on any atom is 0.0548 e. The van der Waals surface area contributed by atoms with Crippen molar-refractivity contribution < 1.29 is 0 Å². The smallest absolute Gasteiger partial charge is 0.0548 e. The number of nitrogens with zero attached hydrogens (tertiary/aromatic N) is 1. The van der Waals surface area contributed by atoms with Crippen molar-refractivity contribution in [2.24, 2.45) is 0 Å². The second-order valence-corrected chi connectivity index (χ2v) is 11.6. The number of benzene rings is 7. The van der Waals surface area contributed by atoms with E-state index in [1.807, 2.05) is 11.3 Å². The van der Waals surface area contributed by atoms with Gasteiger partial charge in [-0.2, -0.15) is 0 Å². The predicted molar refractivity (Wildman–Crippen MR) is 174 cm³/mol. The topological polar surface area (TPSA) is 4.93 Å². The van der Waals surface area contributed by atoms with Crippen LogP contribution in [0.25, 0.3) is 80.3 Å². The molecule has 0 aliphatic heterocycles. The average molecular weight is 526 g/mol. The van der Waals surface area contributed by atoms with Gasteiger partial charge in [-0.1, -0.05) is 97.1 Å². The lowest BCUT2D eigenvalue weighted by Crippen LogP contribution is -1.94. The van der Waals surface area contributed by atoms with E-state index in [1.54, 1.807) is 0 Å². The molecular weight excluding hydrogens is 502 g/mol. The van der Waals surface area contributed by atoms with E-state index in [4.69, 9.17) is 0 Å². The third-order valence-electron chi connectivity index (χ3n) is 8.35. The van der Waals surface area contributed by atoms with Crippen molar-refractivity contribution in [3.05, 3.63) is 140 Å². The summed E-state index contributed by atoms with van der Waals surface area (Å²) in [6, 6.07) is 51.3. The molecule has 0 saturated carbocycles. The molecule has 0 unspecified atom stereocenters. The van der Waals surface area contributed by atoms with E-state index in [9.17, 15) is 0 Å². The maximum absolute atomic E-state index is 2.45. The molecule has 0 spiro atoms. The Kier molecular flexibility index (Phi) is 4.55. The van der Waals surface area contributed by atoms with Gasteiger partial charge in [0.25, 0.3) is 0 Å². The summed E-state index contributed by atoms with van der Waals surface area (Å²) in [5.74, 6) is 0. The summed E-state index contributed by atoms with van der Waals surface area (Å²) in [7, 11) is 0. The number of para-hydroxylation sites is 1. The van der Waals surface area contributed by atoms with Gasteiger partial charge >= 0.3 is 0 Å². The van der Waals surface area contributed by atoms with Crippen molar-refractivity contribution in [1.29, 1.82) is 0 Å². The van der Waals surface area contributed by atoms with Crippen LogP contribution in [-0.2, 0) is 0 Å². The highest BCUT2D eigenvalue weighted by Gasteiger charge is 2.16. The van der Waals surface area contributed by atoms with Crippen molar-refractivity contribution in [2.45, 2.75) is 0 Å². The van der Waals surface area contributed by atoms with Crippen LogP contribution < -0.4 is 0 Å². The molecule has 0 amide bonds. The van der Waals surface area contributed by atoms with Crippen molar-refractivity contribution >= 4 is 74.9 Å². The number of rotatable bonds is 2. The summed E-state index contributed by atoms with van der Waals surface area (Å²) in [4.78, 5) is 0. The minimum Gasteiger partial charge on any atom is -0.309 e. The van der Waals surface area contributed by atoms with Gasteiger partial charge in [-0.25, -0.2) is 0 Å². The fraction of sp³-hybridized carbons (Fsp3) is 0. The van der Waals surface area contributed by atoms with Gasteiger partial charge in [-0.15, -0.1) is 11.3 Å². The molecule has 186 valence electrons. The third-order valence-corrected chi connectivity index (χ3v) is 9.49. The Morgan fingerprint density at radius 1 is 0.400 bits per heavy atom. The highest BCUT2D eigenvalue weighted by atomic mass is 32.1. The molecule has 2 heterocycles. The summed E-state index contributed by atoms with van der Waals surface area (Å²) in [6.45, 7) is 0. The molecule has 0 aliphatic rings. The van der Waals surface area contributed by atoms with Gasteiger partial charge in [0, 0.05) is 36.6 Å². The second-order valence-electron chi connectivity index (χ2n) is 10.6. The molecule has 40 heavy (non-hydrogen) atoms. The van der Waals surface area contributed by atoms with Crippen LogP contribution in [-0.4, -0.2) is 4.57 Å². The monoisotopic (exact) mass is 525 g/mol. The minimum atomic E-state index is 1.18. The molecule has 9 rings (SSSR count). The van der Waals surface area contributed by atoms with Gasteiger partial charge in [0.15, 0.2) is 0 Å². The minimum absolute atomic E-state index is 1.18. The van der Waals surface area contributed by atoms with Crippen LogP contribution in [0.5, 0.6) is 0 Å². The fourth-order valence-corrected chi connectivity index (χ4v) is 7.70. The van der Waals surface area contributed by atoms with E-state index in [0.29, 0.717) is 0 Å². The summed E-state index contributed by atoms with van der Waals surface area (Å²) in [6.07, 6.45) is 0. The van der Waals surface area contributed by atoms with E-state index in [1.165, 1.54) is 80.3 Å². The Morgan fingerprint density at radius 3 is 2.02 bits per heavy atom. The Morgan fingerprint density at radius 2 is 1.12 bits per heavy atom. The van der Waals surface area contributed by atoms with Crippen LogP contribution in [0.2, 0.25) is 0 Å². The molecular formula is C38H23NS. The molecule has 0 radical (unpaired) electrons. The van der Waals surface area contributed by atoms with E-state index in [-0.39, 0.29) is 0 Å². The SMILES string of the molecule is c1cc(-c2cc3ccccc3c3ccccc23)cc(-n2c3ccccc3c3cc4sc5ccccc5c4cc32)c1. The zero-order chi connectivity index (χ0) is 26.2. The maximum atomic E-state index is 2.45. The first-order valence-corrected chi connectivity index (χ1v) is 14.5. The Hall–Kier alpha value is -4.92. The van der Waals surface area contributed by atoms with Gasteiger partial charge in [0.2, 0.25) is 0 Å².